The minimum Gasteiger partial charge on any atom is -0.399 e. The number of aryl methyl sites for hydroxylation is 1. The van der Waals surface area contributed by atoms with Crippen LogP contribution in [-0.2, 0) is 9.31 Å². The number of rotatable bonds is 1. The Labute approximate surface area is 117 Å². The van der Waals surface area contributed by atoms with E-state index in [1.807, 2.05) is 0 Å². The van der Waals surface area contributed by atoms with Gasteiger partial charge in [0.05, 0.1) is 11.2 Å². The fraction of sp³-hybridized carbons (Fsp3) is 0.538. The van der Waals surface area contributed by atoms with E-state index in [0.29, 0.717) is 0 Å². The van der Waals surface area contributed by atoms with Crippen LogP contribution in [-0.4, -0.2) is 18.3 Å². The summed E-state index contributed by atoms with van der Waals surface area (Å²) in [6, 6.07) is 6.33. The molecule has 1 aliphatic heterocycles. The SMILES string of the molecule is Cc1ccc(B2OC(C)(C)C(C)(C)O2)cc1I. The summed E-state index contributed by atoms with van der Waals surface area (Å²) in [5, 5.41) is 0. The van der Waals surface area contributed by atoms with Gasteiger partial charge >= 0.3 is 7.12 Å². The van der Waals surface area contributed by atoms with Crippen LogP contribution < -0.4 is 5.46 Å². The van der Waals surface area contributed by atoms with Crippen molar-refractivity contribution < 1.29 is 9.31 Å². The van der Waals surface area contributed by atoms with Crippen molar-refractivity contribution in [1.82, 2.24) is 0 Å². The highest BCUT2D eigenvalue weighted by atomic mass is 127. The molecule has 0 aliphatic carbocycles. The molecule has 0 radical (unpaired) electrons. The summed E-state index contributed by atoms with van der Waals surface area (Å²) < 4.78 is 13.3. The van der Waals surface area contributed by atoms with Crippen molar-refractivity contribution in [3.8, 4) is 0 Å². The molecule has 0 bridgehead atoms. The van der Waals surface area contributed by atoms with E-state index >= 15 is 0 Å². The third-order valence-corrected chi connectivity index (χ3v) is 4.88. The number of hydrogen-bond donors (Lipinski definition) is 0. The zero-order valence-corrected chi connectivity index (χ0v) is 13.2. The van der Waals surface area contributed by atoms with Crippen molar-refractivity contribution in [1.29, 1.82) is 0 Å². The predicted octanol–water partition coefficient (Wildman–Crippen LogP) is 2.90. The number of halogens is 1. The first kappa shape index (κ1) is 13.4. The summed E-state index contributed by atoms with van der Waals surface area (Å²) in [6.07, 6.45) is 0. The molecular weight excluding hydrogens is 326 g/mol. The molecule has 4 heteroatoms. The van der Waals surface area contributed by atoms with Crippen molar-refractivity contribution >= 4 is 35.2 Å². The van der Waals surface area contributed by atoms with Gasteiger partial charge < -0.3 is 9.31 Å². The summed E-state index contributed by atoms with van der Waals surface area (Å²) in [4.78, 5) is 0. The Balaban J connectivity index is 2.29. The fourth-order valence-corrected chi connectivity index (χ4v) is 2.27. The van der Waals surface area contributed by atoms with Gasteiger partial charge in [-0.1, -0.05) is 12.1 Å². The molecule has 1 aliphatic rings. The lowest BCUT2D eigenvalue weighted by atomic mass is 9.79. The van der Waals surface area contributed by atoms with Crippen molar-refractivity contribution in [3.05, 3.63) is 27.3 Å². The number of hydrogen-bond acceptors (Lipinski definition) is 2. The molecule has 1 aromatic carbocycles. The summed E-state index contributed by atoms with van der Waals surface area (Å²) in [6.45, 7) is 10.4. The maximum atomic E-state index is 6.02. The van der Waals surface area contributed by atoms with Crippen LogP contribution in [0.15, 0.2) is 18.2 Å². The molecule has 0 aromatic heterocycles. The molecule has 17 heavy (non-hydrogen) atoms. The summed E-state index contributed by atoms with van der Waals surface area (Å²) in [7, 11) is -0.255. The fourth-order valence-electron chi connectivity index (χ4n) is 1.73. The Bertz CT molecular complexity index is 427. The second-order valence-electron chi connectivity index (χ2n) is 5.60. The molecule has 2 rings (SSSR count). The maximum Gasteiger partial charge on any atom is 0.494 e. The van der Waals surface area contributed by atoms with E-state index in [2.05, 4.69) is 75.4 Å². The van der Waals surface area contributed by atoms with E-state index in [0.717, 1.165) is 5.46 Å². The van der Waals surface area contributed by atoms with Crippen molar-refractivity contribution in [2.45, 2.75) is 45.8 Å². The monoisotopic (exact) mass is 344 g/mol. The first-order valence-electron chi connectivity index (χ1n) is 5.85. The second kappa shape index (κ2) is 4.25. The lowest BCUT2D eigenvalue weighted by molar-refractivity contribution is 0.00578. The molecule has 2 nitrogen and oxygen atoms in total. The van der Waals surface area contributed by atoms with Gasteiger partial charge in [-0.3, -0.25) is 0 Å². The minimum absolute atomic E-state index is 0.255. The van der Waals surface area contributed by atoms with Crippen LogP contribution >= 0.6 is 22.6 Å². The van der Waals surface area contributed by atoms with Crippen molar-refractivity contribution in [2.75, 3.05) is 0 Å². The van der Waals surface area contributed by atoms with Gasteiger partial charge in [-0.15, -0.1) is 0 Å². The third kappa shape index (κ3) is 2.40. The highest BCUT2D eigenvalue weighted by Gasteiger charge is 2.51. The largest absolute Gasteiger partial charge is 0.494 e. The molecule has 1 saturated heterocycles. The van der Waals surface area contributed by atoms with Gasteiger partial charge in [-0.05, 0) is 74.3 Å². The van der Waals surface area contributed by atoms with E-state index in [9.17, 15) is 0 Å². The summed E-state index contributed by atoms with van der Waals surface area (Å²) in [5.74, 6) is 0. The smallest absolute Gasteiger partial charge is 0.399 e. The zero-order valence-electron chi connectivity index (χ0n) is 11.0. The number of benzene rings is 1. The highest BCUT2D eigenvalue weighted by molar-refractivity contribution is 14.1. The predicted molar refractivity (Wildman–Crippen MR) is 79.6 cm³/mol. The zero-order chi connectivity index (χ0) is 12.8. The molecule has 1 fully saturated rings. The van der Waals surface area contributed by atoms with Gasteiger partial charge in [0.1, 0.15) is 0 Å². The molecule has 1 heterocycles. The van der Waals surface area contributed by atoms with Crippen LogP contribution in [0.25, 0.3) is 0 Å². The highest BCUT2D eigenvalue weighted by Crippen LogP contribution is 2.36. The van der Waals surface area contributed by atoms with Crippen LogP contribution in [0.2, 0.25) is 0 Å². The molecule has 0 saturated carbocycles. The molecule has 1 aromatic rings. The summed E-state index contributed by atoms with van der Waals surface area (Å²) in [5.41, 5.74) is 1.84. The van der Waals surface area contributed by atoms with Gasteiger partial charge in [-0.2, -0.15) is 0 Å². The second-order valence-corrected chi connectivity index (χ2v) is 6.76. The molecule has 0 spiro atoms. The van der Waals surface area contributed by atoms with E-state index in [1.165, 1.54) is 9.13 Å². The molecular formula is C13H18BIO2. The molecule has 92 valence electrons. The quantitative estimate of drug-likeness (QED) is 0.576. The molecule has 0 amide bonds. The van der Waals surface area contributed by atoms with Gasteiger partial charge in [0.15, 0.2) is 0 Å². The van der Waals surface area contributed by atoms with Crippen LogP contribution in [0.4, 0.5) is 0 Å². The van der Waals surface area contributed by atoms with E-state index in [4.69, 9.17) is 9.31 Å². The van der Waals surface area contributed by atoms with Gasteiger partial charge in [0.2, 0.25) is 0 Å². The van der Waals surface area contributed by atoms with E-state index < -0.39 is 0 Å². The molecule has 0 unspecified atom stereocenters. The van der Waals surface area contributed by atoms with Crippen molar-refractivity contribution in [2.24, 2.45) is 0 Å². The van der Waals surface area contributed by atoms with Gasteiger partial charge in [-0.25, -0.2) is 0 Å². The average Bonchev–Trinajstić information content (AvgIpc) is 2.41. The Morgan fingerprint density at radius 2 is 1.59 bits per heavy atom. The lowest BCUT2D eigenvalue weighted by Gasteiger charge is -2.32. The van der Waals surface area contributed by atoms with Gasteiger partial charge in [0.25, 0.3) is 0 Å². The van der Waals surface area contributed by atoms with E-state index in [-0.39, 0.29) is 18.3 Å². The Hall–Kier alpha value is -0.0651. The topological polar surface area (TPSA) is 18.5 Å². The van der Waals surface area contributed by atoms with Crippen LogP contribution in [0.1, 0.15) is 33.3 Å². The third-order valence-electron chi connectivity index (χ3n) is 3.72. The Kier molecular flexibility index (Phi) is 3.34. The normalized spacial score (nSPS) is 21.9. The summed E-state index contributed by atoms with van der Waals surface area (Å²) >= 11 is 2.34. The standard InChI is InChI=1S/C13H18BIO2/c1-9-6-7-10(8-11(9)15)14-16-12(2,3)13(4,5)17-14/h6-8H,1-5H3. The Morgan fingerprint density at radius 1 is 1.06 bits per heavy atom. The average molecular weight is 344 g/mol. The molecule has 0 N–H and O–H groups in total. The maximum absolute atomic E-state index is 6.02. The van der Waals surface area contributed by atoms with E-state index in [1.54, 1.807) is 0 Å². The van der Waals surface area contributed by atoms with Crippen LogP contribution in [0.5, 0.6) is 0 Å². The first-order chi connectivity index (χ1) is 7.73. The minimum atomic E-state index is -0.270. The van der Waals surface area contributed by atoms with Crippen LogP contribution in [0.3, 0.4) is 0 Å². The van der Waals surface area contributed by atoms with Crippen molar-refractivity contribution in [3.63, 3.8) is 0 Å². The molecule has 0 atom stereocenters. The Morgan fingerprint density at radius 3 is 2.06 bits per heavy atom. The van der Waals surface area contributed by atoms with Gasteiger partial charge in [0, 0.05) is 3.57 Å². The first-order valence-corrected chi connectivity index (χ1v) is 6.92. The lowest BCUT2D eigenvalue weighted by Crippen LogP contribution is -2.41. The van der Waals surface area contributed by atoms with Crippen LogP contribution in [0, 0.1) is 10.5 Å².